The van der Waals surface area contributed by atoms with Crippen molar-refractivity contribution in [2.45, 2.75) is 30.7 Å². The van der Waals surface area contributed by atoms with Crippen molar-refractivity contribution in [1.82, 2.24) is 19.9 Å². The molecule has 29 heavy (non-hydrogen) atoms. The fraction of sp³-hybridized carbons (Fsp3) is 0.263. The van der Waals surface area contributed by atoms with E-state index in [1.807, 2.05) is 13.8 Å². The molecule has 9 nitrogen and oxygen atoms in total. The SMILES string of the molecule is CC(C)c1nn2c(C(=O)NC3CS(=O)(=O)c4ccccc43)ccnc2c1C(N)=O. The number of nitrogens with one attached hydrogen (secondary N) is 1. The number of nitrogens with zero attached hydrogens (tertiary/aromatic N) is 3. The topological polar surface area (TPSA) is 137 Å². The van der Waals surface area contributed by atoms with Gasteiger partial charge in [-0.1, -0.05) is 32.0 Å². The molecule has 2 aromatic heterocycles. The van der Waals surface area contributed by atoms with Crippen molar-refractivity contribution >= 4 is 27.3 Å². The van der Waals surface area contributed by atoms with Gasteiger partial charge in [0.05, 0.1) is 22.4 Å². The average Bonchev–Trinajstić information content (AvgIpc) is 3.18. The van der Waals surface area contributed by atoms with Crippen molar-refractivity contribution in [2.75, 3.05) is 5.75 Å². The van der Waals surface area contributed by atoms with E-state index in [0.717, 1.165) is 0 Å². The van der Waals surface area contributed by atoms with Gasteiger partial charge in [0, 0.05) is 6.20 Å². The van der Waals surface area contributed by atoms with Crippen molar-refractivity contribution in [2.24, 2.45) is 5.73 Å². The monoisotopic (exact) mass is 413 g/mol. The van der Waals surface area contributed by atoms with Crippen LogP contribution >= 0.6 is 0 Å². The van der Waals surface area contributed by atoms with Crippen molar-refractivity contribution in [3.63, 3.8) is 0 Å². The minimum absolute atomic E-state index is 0.109. The molecule has 3 N–H and O–H groups in total. The Labute approximate surface area is 166 Å². The van der Waals surface area contributed by atoms with E-state index in [2.05, 4.69) is 15.4 Å². The van der Waals surface area contributed by atoms with Gasteiger partial charge in [-0.3, -0.25) is 9.59 Å². The van der Waals surface area contributed by atoms with Crippen LogP contribution in [0.4, 0.5) is 0 Å². The van der Waals surface area contributed by atoms with Gasteiger partial charge in [0.2, 0.25) is 0 Å². The summed E-state index contributed by atoms with van der Waals surface area (Å²) >= 11 is 0. The zero-order chi connectivity index (χ0) is 20.9. The second-order valence-corrected chi connectivity index (χ2v) is 9.19. The molecule has 1 atom stereocenters. The number of hydrogen-bond acceptors (Lipinski definition) is 6. The van der Waals surface area contributed by atoms with Crippen molar-refractivity contribution in [3.05, 3.63) is 59.0 Å². The van der Waals surface area contributed by atoms with Crippen LogP contribution in [0.1, 0.15) is 57.9 Å². The van der Waals surface area contributed by atoms with Gasteiger partial charge in [0.1, 0.15) is 11.3 Å². The molecule has 0 fully saturated rings. The van der Waals surface area contributed by atoms with Crippen LogP contribution in [0.3, 0.4) is 0 Å². The molecule has 0 aliphatic carbocycles. The first kappa shape index (κ1) is 19.1. The number of fused-ring (bicyclic) bond motifs is 2. The van der Waals surface area contributed by atoms with E-state index in [1.54, 1.807) is 18.2 Å². The third-order valence-electron chi connectivity index (χ3n) is 4.89. The van der Waals surface area contributed by atoms with Crippen LogP contribution in [0, 0.1) is 0 Å². The lowest BCUT2D eigenvalue weighted by atomic mass is 10.1. The highest BCUT2D eigenvalue weighted by atomic mass is 32.2. The fourth-order valence-corrected chi connectivity index (χ4v) is 5.31. The summed E-state index contributed by atoms with van der Waals surface area (Å²) in [5.74, 6) is -1.52. The van der Waals surface area contributed by atoms with Gasteiger partial charge in [-0.2, -0.15) is 5.10 Å². The summed E-state index contributed by atoms with van der Waals surface area (Å²) in [6, 6.07) is 7.37. The molecule has 1 aliphatic rings. The maximum atomic E-state index is 13.0. The van der Waals surface area contributed by atoms with Crippen LogP contribution in [0.15, 0.2) is 41.4 Å². The number of nitrogens with two attached hydrogens (primary N) is 1. The number of aromatic nitrogens is 3. The molecule has 150 valence electrons. The molecule has 1 aliphatic heterocycles. The Balaban J connectivity index is 1.76. The number of carbonyl (C=O) groups excluding carboxylic acids is 2. The largest absolute Gasteiger partial charge is 0.365 e. The molecule has 0 saturated carbocycles. The molecular weight excluding hydrogens is 394 g/mol. The maximum absolute atomic E-state index is 13.0. The Hall–Kier alpha value is -3.27. The molecule has 0 spiro atoms. The number of amides is 2. The van der Waals surface area contributed by atoms with E-state index in [1.165, 1.54) is 22.8 Å². The Morgan fingerprint density at radius 3 is 2.66 bits per heavy atom. The minimum Gasteiger partial charge on any atom is -0.365 e. The Morgan fingerprint density at radius 1 is 1.24 bits per heavy atom. The Kier molecular flexibility index (Phi) is 4.38. The van der Waals surface area contributed by atoms with Crippen LogP contribution in [-0.2, 0) is 9.84 Å². The van der Waals surface area contributed by atoms with Crippen LogP contribution in [0.25, 0.3) is 5.65 Å². The molecule has 3 aromatic rings. The summed E-state index contributed by atoms with van der Waals surface area (Å²) in [5, 5.41) is 7.14. The van der Waals surface area contributed by atoms with Gasteiger partial charge in [-0.05, 0) is 23.6 Å². The van der Waals surface area contributed by atoms with E-state index in [9.17, 15) is 18.0 Å². The molecule has 2 amide bonds. The van der Waals surface area contributed by atoms with Gasteiger partial charge >= 0.3 is 0 Å². The van der Waals surface area contributed by atoms with Gasteiger partial charge < -0.3 is 11.1 Å². The highest BCUT2D eigenvalue weighted by molar-refractivity contribution is 7.91. The summed E-state index contributed by atoms with van der Waals surface area (Å²) < 4.78 is 26.0. The number of carbonyl (C=O) groups is 2. The normalized spacial score (nSPS) is 17.4. The molecule has 0 saturated heterocycles. The second-order valence-electron chi connectivity index (χ2n) is 7.19. The summed E-state index contributed by atoms with van der Waals surface area (Å²) in [6.07, 6.45) is 1.39. The summed E-state index contributed by atoms with van der Waals surface area (Å²) in [5.41, 5.74) is 6.99. The standard InChI is InChI=1S/C19H19N5O4S/c1-10(2)16-15(17(20)25)18-21-8-7-13(24(18)23-16)19(26)22-12-9-29(27,28)14-6-4-3-5-11(12)14/h3-8,10,12H,9H2,1-2H3,(H2,20,25)(H,22,26). The van der Waals surface area contributed by atoms with Gasteiger partial charge in [-0.25, -0.2) is 17.9 Å². The average molecular weight is 413 g/mol. The molecule has 10 heteroatoms. The van der Waals surface area contributed by atoms with E-state index in [4.69, 9.17) is 5.73 Å². The summed E-state index contributed by atoms with van der Waals surface area (Å²) in [4.78, 5) is 29.3. The van der Waals surface area contributed by atoms with Gasteiger partial charge in [0.25, 0.3) is 11.8 Å². The third kappa shape index (κ3) is 3.05. The molecule has 0 radical (unpaired) electrons. The predicted molar refractivity (Wildman–Crippen MR) is 104 cm³/mol. The van der Waals surface area contributed by atoms with Crippen LogP contribution in [0.2, 0.25) is 0 Å². The van der Waals surface area contributed by atoms with Gasteiger partial charge in [0.15, 0.2) is 15.5 Å². The fourth-order valence-electron chi connectivity index (χ4n) is 3.58. The second kappa shape index (κ2) is 6.66. The number of hydrogen-bond donors (Lipinski definition) is 2. The van der Waals surface area contributed by atoms with E-state index >= 15 is 0 Å². The number of primary amides is 1. The first-order valence-electron chi connectivity index (χ1n) is 9.00. The zero-order valence-corrected chi connectivity index (χ0v) is 16.6. The van der Waals surface area contributed by atoms with Crippen LogP contribution in [0.5, 0.6) is 0 Å². The number of benzene rings is 1. The molecule has 0 bridgehead atoms. The van der Waals surface area contributed by atoms with Crippen LogP contribution in [-0.4, -0.2) is 40.6 Å². The zero-order valence-electron chi connectivity index (χ0n) is 15.8. The summed E-state index contributed by atoms with van der Waals surface area (Å²) in [6.45, 7) is 3.71. The number of rotatable bonds is 4. The number of sulfone groups is 1. The Morgan fingerprint density at radius 2 is 1.97 bits per heavy atom. The molecule has 1 unspecified atom stereocenters. The smallest absolute Gasteiger partial charge is 0.270 e. The molecule has 1 aromatic carbocycles. The lowest BCUT2D eigenvalue weighted by Crippen LogP contribution is -2.31. The van der Waals surface area contributed by atoms with E-state index < -0.39 is 27.7 Å². The van der Waals surface area contributed by atoms with Gasteiger partial charge in [-0.15, -0.1) is 0 Å². The lowest BCUT2D eigenvalue weighted by Gasteiger charge is -2.13. The van der Waals surface area contributed by atoms with E-state index in [-0.39, 0.29) is 33.5 Å². The maximum Gasteiger partial charge on any atom is 0.270 e. The Bertz CT molecular complexity index is 1260. The van der Waals surface area contributed by atoms with Crippen molar-refractivity contribution < 1.29 is 18.0 Å². The first-order valence-corrected chi connectivity index (χ1v) is 10.7. The lowest BCUT2D eigenvalue weighted by molar-refractivity contribution is 0.0931. The van der Waals surface area contributed by atoms with Crippen molar-refractivity contribution in [1.29, 1.82) is 0 Å². The van der Waals surface area contributed by atoms with E-state index in [0.29, 0.717) is 11.3 Å². The summed E-state index contributed by atoms with van der Waals surface area (Å²) in [7, 11) is -3.46. The van der Waals surface area contributed by atoms with Crippen LogP contribution < -0.4 is 11.1 Å². The van der Waals surface area contributed by atoms with Crippen molar-refractivity contribution in [3.8, 4) is 0 Å². The quantitative estimate of drug-likeness (QED) is 0.660. The third-order valence-corrected chi connectivity index (χ3v) is 6.71. The first-order chi connectivity index (χ1) is 13.7. The molecular formula is C19H19N5O4S. The minimum atomic E-state index is -3.46. The molecule has 4 rings (SSSR count). The highest BCUT2D eigenvalue weighted by Crippen LogP contribution is 2.33. The predicted octanol–water partition coefficient (Wildman–Crippen LogP) is 1.21. The molecule has 3 heterocycles. The highest BCUT2D eigenvalue weighted by Gasteiger charge is 2.35.